The zero-order chi connectivity index (χ0) is 22.5. The molecular weight excluding hydrogens is 490 g/mol. The fourth-order valence-electron chi connectivity index (χ4n) is 2.15. The van der Waals surface area contributed by atoms with E-state index in [2.05, 4.69) is 0 Å². The van der Waals surface area contributed by atoms with Crippen LogP contribution in [0.1, 0.15) is 26.3 Å². The lowest BCUT2D eigenvalue weighted by atomic mass is 10.2. The third-order valence-electron chi connectivity index (χ3n) is 3.55. The minimum atomic E-state index is -4.25. The number of rotatable bonds is 10. The van der Waals surface area contributed by atoms with Crippen molar-refractivity contribution in [3.05, 3.63) is 52.0 Å². The Morgan fingerprint density at radius 2 is 1.73 bits per heavy atom. The van der Waals surface area contributed by atoms with Gasteiger partial charge in [0.15, 0.2) is 0 Å². The zero-order valence-electron chi connectivity index (χ0n) is 16.9. The smallest absolute Gasteiger partial charge is 0.415 e. The Hall–Kier alpha value is -0.890. The van der Waals surface area contributed by atoms with Crippen molar-refractivity contribution in [2.24, 2.45) is 5.92 Å². The summed E-state index contributed by atoms with van der Waals surface area (Å²) in [5.41, 5.74) is 0.955. The van der Waals surface area contributed by atoms with Crippen LogP contribution in [0.25, 0.3) is 0 Å². The topological polar surface area (TPSA) is 78.9 Å². The van der Waals surface area contributed by atoms with Crippen molar-refractivity contribution >= 4 is 51.5 Å². The van der Waals surface area contributed by atoms with Crippen molar-refractivity contribution in [1.29, 1.82) is 0 Å². The summed E-state index contributed by atoms with van der Waals surface area (Å²) in [7, 11) is -4.25. The minimum absolute atomic E-state index is 0.0380. The van der Waals surface area contributed by atoms with Crippen molar-refractivity contribution in [3.8, 4) is 11.5 Å². The highest BCUT2D eigenvalue weighted by Crippen LogP contribution is 2.61. The first kappa shape index (κ1) is 25.4. The number of hydrogen-bond acceptors (Lipinski definition) is 7. The van der Waals surface area contributed by atoms with Crippen molar-refractivity contribution in [3.63, 3.8) is 0 Å². The van der Waals surface area contributed by atoms with E-state index >= 15 is 0 Å². The van der Waals surface area contributed by atoms with Crippen molar-refractivity contribution in [2.45, 2.75) is 32.6 Å². The normalized spacial score (nSPS) is 13.8. The van der Waals surface area contributed by atoms with E-state index in [0.29, 0.717) is 5.75 Å². The molecule has 11 heteroatoms. The molecule has 0 spiro atoms. The molecule has 0 heterocycles. The van der Waals surface area contributed by atoms with Crippen LogP contribution in [-0.4, -0.2) is 20.8 Å². The average molecular weight is 513 g/mol. The summed E-state index contributed by atoms with van der Waals surface area (Å²) in [5.74, 6) is 0.903. The van der Waals surface area contributed by atoms with Crippen LogP contribution in [0.2, 0.25) is 10.0 Å². The molecular formula is C19H23Cl2O6PS2. The molecule has 1 unspecified atom stereocenters. The van der Waals surface area contributed by atoms with Crippen LogP contribution in [0, 0.1) is 12.8 Å². The Morgan fingerprint density at radius 1 is 1.10 bits per heavy atom. The summed E-state index contributed by atoms with van der Waals surface area (Å²) in [4.78, 5) is -0.330. The standard InChI is InChI=1S/C19H23Cl2O6PS2/c1-5-25-28(22,29-12-13(2)3)26-18-10-17(21)19(11-16(18)20)30(23,24)27-15-8-6-14(4)7-9-15/h6-11,13H,5,12H2,1-4H3. The van der Waals surface area contributed by atoms with Gasteiger partial charge >= 0.3 is 16.9 Å². The largest absolute Gasteiger partial charge is 0.440 e. The zero-order valence-corrected chi connectivity index (χ0v) is 21.0. The van der Waals surface area contributed by atoms with Crippen LogP contribution in [0.5, 0.6) is 11.5 Å². The van der Waals surface area contributed by atoms with E-state index in [1.54, 1.807) is 19.1 Å². The molecule has 0 aliphatic heterocycles. The second kappa shape index (κ2) is 10.6. The Labute approximate surface area is 191 Å². The molecule has 0 radical (unpaired) electrons. The lowest BCUT2D eigenvalue weighted by molar-refractivity contribution is 0.296. The van der Waals surface area contributed by atoms with E-state index in [1.807, 2.05) is 20.8 Å². The minimum Gasteiger partial charge on any atom is -0.415 e. The predicted octanol–water partition coefficient (Wildman–Crippen LogP) is 6.98. The van der Waals surface area contributed by atoms with E-state index in [4.69, 9.17) is 36.4 Å². The molecule has 0 fully saturated rings. The average Bonchev–Trinajstić information content (AvgIpc) is 2.64. The Balaban J connectivity index is 2.31. The first-order chi connectivity index (χ1) is 14.0. The van der Waals surface area contributed by atoms with Crippen molar-refractivity contribution in [1.82, 2.24) is 0 Å². The van der Waals surface area contributed by atoms with Gasteiger partial charge < -0.3 is 8.71 Å². The highest BCUT2D eigenvalue weighted by molar-refractivity contribution is 8.55. The maximum Gasteiger partial charge on any atom is 0.440 e. The van der Waals surface area contributed by atoms with Crippen LogP contribution in [0.4, 0.5) is 0 Å². The lowest BCUT2D eigenvalue weighted by Gasteiger charge is -2.20. The molecule has 166 valence electrons. The Kier molecular flexibility index (Phi) is 8.98. The summed E-state index contributed by atoms with van der Waals surface area (Å²) >= 11 is 13.4. The van der Waals surface area contributed by atoms with Gasteiger partial charge in [-0.2, -0.15) is 8.42 Å². The molecule has 2 aromatic rings. The summed E-state index contributed by atoms with van der Waals surface area (Å²) in [5, 5.41) is -0.269. The number of aryl methyl sites for hydroxylation is 1. The lowest BCUT2D eigenvalue weighted by Crippen LogP contribution is -2.10. The van der Waals surface area contributed by atoms with E-state index in [-0.39, 0.29) is 39.0 Å². The van der Waals surface area contributed by atoms with Gasteiger partial charge in [-0.3, -0.25) is 4.52 Å². The van der Waals surface area contributed by atoms with Gasteiger partial charge in [-0.15, -0.1) is 0 Å². The summed E-state index contributed by atoms with van der Waals surface area (Å²) in [6.45, 7) is 4.12. The third kappa shape index (κ3) is 7.08. The van der Waals surface area contributed by atoms with Gasteiger partial charge in [0.05, 0.1) is 16.7 Å². The molecule has 1 atom stereocenters. The van der Waals surface area contributed by atoms with E-state index in [1.165, 1.54) is 18.2 Å². The maximum absolute atomic E-state index is 13.0. The number of hydrogen-bond donors (Lipinski definition) is 0. The van der Waals surface area contributed by atoms with E-state index < -0.39 is 16.9 Å². The van der Waals surface area contributed by atoms with Crippen molar-refractivity contribution < 1.29 is 26.2 Å². The third-order valence-corrected chi connectivity index (χ3v) is 9.62. The van der Waals surface area contributed by atoms with Gasteiger partial charge in [-0.25, -0.2) is 4.57 Å². The molecule has 6 nitrogen and oxygen atoms in total. The number of benzene rings is 2. The summed E-state index contributed by atoms with van der Waals surface area (Å²) in [6.07, 6.45) is 0. The molecule has 30 heavy (non-hydrogen) atoms. The molecule has 0 saturated carbocycles. The molecule has 0 aromatic heterocycles. The second-order valence-electron chi connectivity index (χ2n) is 6.71. The fourth-order valence-corrected chi connectivity index (χ4v) is 7.67. The first-order valence-electron chi connectivity index (χ1n) is 9.04. The molecule has 0 N–H and O–H groups in total. The van der Waals surface area contributed by atoms with Gasteiger partial charge in [0.2, 0.25) is 0 Å². The SMILES string of the molecule is CCOP(=O)(Oc1cc(Cl)c(S(=O)(=O)Oc2ccc(C)cc2)cc1Cl)SCC(C)C. The van der Waals surface area contributed by atoms with Crippen molar-refractivity contribution in [2.75, 3.05) is 12.4 Å². The van der Waals surface area contributed by atoms with E-state index in [9.17, 15) is 13.0 Å². The van der Waals surface area contributed by atoms with Gasteiger partial charge in [0, 0.05) is 11.8 Å². The van der Waals surface area contributed by atoms with Gasteiger partial charge in [-0.1, -0.05) is 54.7 Å². The summed E-state index contributed by atoms with van der Waals surface area (Å²) < 4.78 is 54.3. The molecule has 0 bridgehead atoms. The Bertz CT molecular complexity index is 1030. The highest BCUT2D eigenvalue weighted by atomic mass is 35.5. The molecule has 0 saturated heterocycles. The molecule has 0 aliphatic rings. The second-order valence-corrected chi connectivity index (χ2v) is 13.1. The maximum atomic E-state index is 13.0. The molecule has 2 rings (SSSR count). The van der Waals surface area contributed by atoms with Crippen LogP contribution in [-0.2, 0) is 19.2 Å². The van der Waals surface area contributed by atoms with Crippen LogP contribution in [0.3, 0.4) is 0 Å². The van der Waals surface area contributed by atoms with Gasteiger partial charge in [-0.05, 0) is 49.3 Å². The number of halogens is 2. The predicted molar refractivity (Wildman–Crippen MR) is 123 cm³/mol. The molecule has 0 aliphatic carbocycles. The van der Waals surface area contributed by atoms with Crippen LogP contribution >= 0.6 is 41.4 Å². The summed E-state index contributed by atoms with van der Waals surface area (Å²) in [6, 6.07) is 8.80. The molecule has 2 aromatic carbocycles. The van der Waals surface area contributed by atoms with Crippen LogP contribution < -0.4 is 8.71 Å². The van der Waals surface area contributed by atoms with E-state index in [0.717, 1.165) is 23.0 Å². The Morgan fingerprint density at radius 3 is 2.30 bits per heavy atom. The van der Waals surface area contributed by atoms with Gasteiger partial charge in [0.1, 0.15) is 16.4 Å². The quantitative estimate of drug-likeness (QED) is 0.250. The van der Waals surface area contributed by atoms with Crippen LogP contribution in [0.15, 0.2) is 41.3 Å². The fraction of sp³-hybridized carbons (Fsp3) is 0.368. The first-order valence-corrected chi connectivity index (χ1v) is 14.3. The monoisotopic (exact) mass is 512 g/mol. The molecule has 0 amide bonds. The highest BCUT2D eigenvalue weighted by Gasteiger charge is 2.30. The van der Waals surface area contributed by atoms with Gasteiger partial charge in [0.25, 0.3) is 0 Å².